The van der Waals surface area contributed by atoms with E-state index in [1.165, 1.54) is 0 Å². The zero-order chi connectivity index (χ0) is 13.2. The second kappa shape index (κ2) is 4.63. The molecule has 5 nitrogen and oxygen atoms in total. The van der Waals surface area contributed by atoms with Crippen molar-refractivity contribution in [2.24, 2.45) is 5.11 Å². The highest BCUT2D eigenvalue weighted by Crippen LogP contribution is 2.30. The molecule has 5 heteroatoms. The Labute approximate surface area is 109 Å². The molecule has 1 N–H and O–H groups in total. The van der Waals surface area contributed by atoms with Crippen molar-refractivity contribution in [3.8, 4) is 0 Å². The van der Waals surface area contributed by atoms with Gasteiger partial charge in [-0.05, 0) is 40.8 Å². The van der Waals surface area contributed by atoms with Crippen LogP contribution in [0.2, 0.25) is 0 Å². The smallest absolute Gasteiger partial charge is 0.233 e. The Balaban J connectivity index is 2.11. The number of carbonyl (C=O) groups is 1. The van der Waals surface area contributed by atoms with Crippen LogP contribution in [0, 0.1) is 0 Å². The molecule has 0 aromatic heterocycles. The first kappa shape index (κ1) is 11.6. The van der Waals surface area contributed by atoms with E-state index in [4.69, 9.17) is 5.53 Å². The monoisotopic (exact) mass is 252 g/mol. The molecule has 1 unspecified atom stereocenters. The molecular weight excluding hydrogens is 240 g/mol. The van der Waals surface area contributed by atoms with Crippen molar-refractivity contribution in [2.45, 2.75) is 18.9 Å². The summed E-state index contributed by atoms with van der Waals surface area (Å²) in [6.45, 7) is 0. The molecule has 1 atom stereocenters. The Hall–Kier alpha value is -2.52. The van der Waals surface area contributed by atoms with Gasteiger partial charge in [0.15, 0.2) is 0 Å². The molecule has 0 radical (unpaired) electrons. The molecule has 0 saturated carbocycles. The Kier molecular flexibility index (Phi) is 2.82. The predicted molar refractivity (Wildman–Crippen MR) is 73.8 cm³/mol. The van der Waals surface area contributed by atoms with E-state index < -0.39 is 6.04 Å². The van der Waals surface area contributed by atoms with Crippen LogP contribution in [-0.4, -0.2) is 11.9 Å². The number of anilines is 1. The van der Waals surface area contributed by atoms with Gasteiger partial charge in [0.1, 0.15) is 6.04 Å². The van der Waals surface area contributed by atoms with Gasteiger partial charge in [-0.25, -0.2) is 0 Å². The number of hydrogen-bond acceptors (Lipinski definition) is 2. The molecule has 19 heavy (non-hydrogen) atoms. The van der Waals surface area contributed by atoms with Gasteiger partial charge >= 0.3 is 0 Å². The Morgan fingerprint density at radius 3 is 2.95 bits per heavy atom. The summed E-state index contributed by atoms with van der Waals surface area (Å²) in [5, 5.41) is 8.69. The summed E-state index contributed by atoms with van der Waals surface area (Å²) in [5.41, 5.74) is 10.4. The number of azide groups is 1. The molecule has 2 aromatic carbocycles. The van der Waals surface area contributed by atoms with E-state index in [1.807, 2.05) is 36.4 Å². The standard InChI is InChI=1S/C14H12N4O/c15-18-17-13-8-6-11-10-4-2-1-3-9(10)5-7-12(11)16-14(13)19/h1-5,7,13H,6,8H2,(H,16,19). The summed E-state index contributed by atoms with van der Waals surface area (Å²) in [6, 6.07) is 11.3. The molecule has 1 aliphatic heterocycles. The first-order chi connectivity index (χ1) is 9.29. The molecule has 1 amide bonds. The largest absolute Gasteiger partial charge is 0.325 e. The maximum atomic E-state index is 11.9. The molecule has 3 rings (SSSR count). The summed E-state index contributed by atoms with van der Waals surface area (Å²) in [6.07, 6.45) is 1.26. The van der Waals surface area contributed by atoms with E-state index in [0.717, 1.165) is 28.4 Å². The van der Waals surface area contributed by atoms with E-state index >= 15 is 0 Å². The summed E-state index contributed by atoms with van der Waals surface area (Å²) in [7, 11) is 0. The van der Waals surface area contributed by atoms with Gasteiger partial charge in [0.05, 0.1) is 0 Å². The fourth-order valence-electron chi connectivity index (χ4n) is 2.52. The summed E-state index contributed by atoms with van der Waals surface area (Å²) < 4.78 is 0. The van der Waals surface area contributed by atoms with Gasteiger partial charge in [0, 0.05) is 10.6 Å². The van der Waals surface area contributed by atoms with E-state index in [0.29, 0.717) is 6.42 Å². The van der Waals surface area contributed by atoms with Crippen LogP contribution >= 0.6 is 0 Å². The SMILES string of the molecule is [N-]=[N+]=NC1CCc2c(ccc3ccccc23)NC1=O. The molecular formula is C14H12N4O. The number of carbonyl (C=O) groups excluding carboxylic acids is 1. The summed E-state index contributed by atoms with van der Waals surface area (Å²) in [4.78, 5) is 14.7. The number of nitrogens with one attached hydrogen (secondary N) is 1. The lowest BCUT2D eigenvalue weighted by atomic mass is 9.99. The number of amides is 1. The fraction of sp³-hybridized carbons (Fsp3) is 0.214. The fourth-order valence-corrected chi connectivity index (χ4v) is 2.52. The highest BCUT2D eigenvalue weighted by Gasteiger charge is 2.23. The van der Waals surface area contributed by atoms with Crippen LogP contribution < -0.4 is 5.32 Å². The number of hydrogen-bond donors (Lipinski definition) is 1. The van der Waals surface area contributed by atoms with E-state index in [9.17, 15) is 4.79 Å². The van der Waals surface area contributed by atoms with Crippen LogP contribution in [0.5, 0.6) is 0 Å². The van der Waals surface area contributed by atoms with Crippen LogP contribution in [0.1, 0.15) is 12.0 Å². The first-order valence-electron chi connectivity index (χ1n) is 6.15. The molecule has 0 spiro atoms. The van der Waals surface area contributed by atoms with Gasteiger partial charge < -0.3 is 5.32 Å². The minimum Gasteiger partial charge on any atom is -0.325 e. The first-order valence-corrected chi connectivity index (χ1v) is 6.15. The second-order valence-corrected chi connectivity index (χ2v) is 4.56. The third-order valence-electron chi connectivity index (χ3n) is 3.46. The van der Waals surface area contributed by atoms with Crippen LogP contribution in [0.15, 0.2) is 41.5 Å². The maximum Gasteiger partial charge on any atom is 0.233 e. The number of fused-ring (bicyclic) bond motifs is 3. The topological polar surface area (TPSA) is 77.9 Å². The van der Waals surface area contributed by atoms with E-state index in [-0.39, 0.29) is 5.91 Å². The van der Waals surface area contributed by atoms with Crippen LogP contribution in [-0.2, 0) is 11.2 Å². The van der Waals surface area contributed by atoms with Crippen molar-refractivity contribution in [3.63, 3.8) is 0 Å². The van der Waals surface area contributed by atoms with Gasteiger partial charge in [0.2, 0.25) is 5.91 Å². The predicted octanol–water partition coefficient (Wildman–Crippen LogP) is 3.40. The molecule has 1 aliphatic rings. The van der Waals surface area contributed by atoms with Crippen molar-refractivity contribution in [2.75, 3.05) is 5.32 Å². The average molecular weight is 252 g/mol. The summed E-state index contributed by atoms with van der Waals surface area (Å²) >= 11 is 0. The lowest BCUT2D eigenvalue weighted by molar-refractivity contribution is -0.117. The zero-order valence-corrected chi connectivity index (χ0v) is 10.2. The van der Waals surface area contributed by atoms with Gasteiger partial charge in [-0.3, -0.25) is 4.79 Å². The lowest BCUT2D eigenvalue weighted by Gasteiger charge is -2.10. The Morgan fingerprint density at radius 1 is 1.26 bits per heavy atom. The van der Waals surface area contributed by atoms with Gasteiger partial charge in [0.25, 0.3) is 0 Å². The zero-order valence-electron chi connectivity index (χ0n) is 10.2. The number of nitrogens with zero attached hydrogens (tertiary/aromatic N) is 3. The third kappa shape index (κ3) is 2.00. The molecule has 2 aromatic rings. The molecule has 0 aliphatic carbocycles. The Morgan fingerprint density at radius 2 is 2.11 bits per heavy atom. The van der Waals surface area contributed by atoms with E-state index in [1.54, 1.807) is 0 Å². The molecule has 0 saturated heterocycles. The van der Waals surface area contributed by atoms with Crippen LogP contribution in [0.3, 0.4) is 0 Å². The number of benzene rings is 2. The third-order valence-corrected chi connectivity index (χ3v) is 3.46. The van der Waals surface area contributed by atoms with Crippen molar-refractivity contribution >= 4 is 22.4 Å². The van der Waals surface area contributed by atoms with E-state index in [2.05, 4.69) is 15.3 Å². The van der Waals surface area contributed by atoms with Gasteiger partial charge in [-0.15, -0.1) is 0 Å². The molecule has 94 valence electrons. The highest BCUT2D eigenvalue weighted by molar-refractivity contribution is 6.00. The minimum absolute atomic E-state index is 0.230. The normalized spacial score (nSPS) is 18.1. The summed E-state index contributed by atoms with van der Waals surface area (Å²) in [5.74, 6) is -0.230. The quantitative estimate of drug-likeness (QED) is 0.471. The highest BCUT2D eigenvalue weighted by atomic mass is 16.2. The van der Waals surface area contributed by atoms with Crippen molar-refractivity contribution < 1.29 is 4.79 Å². The van der Waals surface area contributed by atoms with Crippen LogP contribution in [0.25, 0.3) is 21.2 Å². The number of rotatable bonds is 1. The maximum absolute atomic E-state index is 11.9. The molecule has 1 heterocycles. The van der Waals surface area contributed by atoms with Crippen molar-refractivity contribution in [1.29, 1.82) is 0 Å². The average Bonchev–Trinajstić information content (AvgIpc) is 2.59. The minimum atomic E-state index is -0.629. The Bertz CT molecular complexity index is 704. The second-order valence-electron chi connectivity index (χ2n) is 4.56. The van der Waals surface area contributed by atoms with Gasteiger partial charge in [-0.2, -0.15) is 0 Å². The van der Waals surface area contributed by atoms with Crippen LogP contribution in [0.4, 0.5) is 5.69 Å². The van der Waals surface area contributed by atoms with Gasteiger partial charge in [-0.1, -0.05) is 35.4 Å². The number of aryl methyl sites for hydroxylation is 1. The molecule has 0 bridgehead atoms. The lowest BCUT2D eigenvalue weighted by Crippen LogP contribution is -2.24. The van der Waals surface area contributed by atoms with Crippen molar-refractivity contribution in [1.82, 2.24) is 0 Å². The van der Waals surface area contributed by atoms with Crippen molar-refractivity contribution in [3.05, 3.63) is 52.4 Å². The molecule has 0 fully saturated rings.